The first-order valence-corrected chi connectivity index (χ1v) is 10.1. The van der Waals surface area contributed by atoms with Gasteiger partial charge in [-0.15, -0.1) is 0 Å². The lowest BCUT2D eigenvalue weighted by molar-refractivity contribution is -0.118. The van der Waals surface area contributed by atoms with Crippen molar-refractivity contribution in [3.63, 3.8) is 0 Å². The molecule has 1 aromatic carbocycles. The van der Waals surface area contributed by atoms with E-state index in [0.29, 0.717) is 18.8 Å². The highest BCUT2D eigenvalue weighted by Crippen LogP contribution is 2.23. The first-order chi connectivity index (χ1) is 12.2. The normalized spacial score (nSPS) is 16.9. The van der Waals surface area contributed by atoms with Crippen LogP contribution in [0.3, 0.4) is 0 Å². The van der Waals surface area contributed by atoms with Crippen LogP contribution in [-0.4, -0.2) is 43.8 Å². The fourth-order valence-corrected chi connectivity index (χ4v) is 4.46. The Morgan fingerprint density at radius 1 is 1.15 bits per heavy atom. The van der Waals surface area contributed by atoms with Crippen LogP contribution in [0.25, 0.3) is 0 Å². The molecule has 8 nitrogen and oxygen atoms in total. The molecule has 0 bridgehead atoms. The van der Waals surface area contributed by atoms with E-state index in [1.165, 1.54) is 16.4 Å². The van der Waals surface area contributed by atoms with Gasteiger partial charge in [0.25, 0.3) is 0 Å². The summed E-state index contributed by atoms with van der Waals surface area (Å²) in [6.07, 6.45) is 2.74. The van der Waals surface area contributed by atoms with Crippen molar-refractivity contribution in [2.24, 2.45) is 11.7 Å². The van der Waals surface area contributed by atoms with E-state index in [1.807, 2.05) is 0 Å². The van der Waals surface area contributed by atoms with Gasteiger partial charge < -0.3 is 16.4 Å². The van der Waals surface area contributed by atoms with Crippen molar-refractivity contribution in [3.05, 3.63) is 24.3 Å². The minimum absolute atomic E-state index is 0.140. The van der Waals surface area contributed by atoms with E-state index in [0.717, 1.165) is 19.3 Å². The average molecular weight is 382 g/mol. The first-order valence-electron chi connectivity index (χ1n) is 8.69. The SMILES string of the molecule is CC(C)[C@H](NC(N)=O)C(=O)Nc1cccc(S(=O)(=O)N2CCCCC2)c1. The van der Waals surface area contributed by atoms with Gasteiger partial charge >= 0.3 is 6.03 Å². The number of nitrogens with zero attached hydrogens (tertiary/aromatic N) is 1. The minimum atomic E-state index is -3.58. The Labute approximate surface area is 154 Å². The second-order valence-corrected chi connectivity index (χ2v) is 8.65. The van der Waals surface area contributed by atoms with Gasteiger partial charge in [0.2, 0.25) is 15.9 Å². The Morgan fingerprint density at radius 2 is 1.81 bits per heavy atom. The van der Waals surface area contributed by atoms with Crippen LogP contribution in [0, 0.1) is 5.92 Å². The zero-order valence-electron chi connectivity index (χ0n) is 15.1. The van der Waals surface area contributed by atoms with Gasteiger partial charge in [-0.2, -0.15) is 4.31 Å². The largest absolute Gasteiger partial charge is 0.352 e. The molecule has 1 aromatic rings. The van der Waals surface area contributed by atoms with Gasteiger partial charge in [0.15, 0.2) is 0 Å². The summed E-state index contributed by atoms with van der Waals surface area (Å²) in [5.41, 5.74) is 5.46. The molecule has 1 heterocycles. The van der Waals surface area contributed by atoms with Crippen LogP contribution in [0.15, 0.2) is 29.2 Å². The number of carbonyl (C=O) groups is 2. The van der Waals surface area contributed by atoms with Gasteiger partial charge in [0, 0.05) is 18.8 Å². The molecule has 0 radical (unpaired) electrons. The van der Waals surface area contributed by atoms with Crippen LogP contribution >= 0.6 is 0 Å². The number of rotatable bonds is 6. The summed E-state index contributed by atoms with van der Waals surface area (Å²) in [5.74, 6) is -0.630. The number of anilines is 1. The maximum absolute atomic E-state index is 12.8. The molecule has 1 atom stereocenters. The van der Waals surface area contributed by atoms with Gasteiger partial charge in [-0.1, -0.05) is 26.3 Å². The lowest BCUT2D eigenvalue weighted by Gasteiger charge is -2.26. The third kappa shape index (κ3) is 4.95. The lowest BCUT2D eigenvalue weighted by Crippen LogP contribution is -2.49. The standard InChI is InChI=1S/C17H26N4O4S/c1-12(2)15(20-17(18)23)16(22)19-13-7-6-8-14(11-13)26(24,25)21-9-4-3-5-10-21/h6-8,11-12,15H,3-5,9-10H2,1-2H3,(H,19,22)(H3,18,20,23)/t15-/m0/s1. The summed E-state index contributed by atoms with van der Waals surface area (Å²) in [6, 6.07) is 4.53. The maximum Gasteiger partial charge on any atom is 0.312 e. The Morgan fingerprint density at radius 3 is 2.38 bits per heavy atom. The summed E-state index contributed by atoms with van der Waals surface area (Å²) in [6.45, 7) is 4.57. The Balaban J connectivity index is 2.18. The van der Waals surface area contributed by atoms with Gasteiger partial charge in [-0.25, -0.2) is 13.2 Å². The molecule has 26 heavy (non-hydrogen) atoms. The van der Waals surface area contributed by atoms with Crippen LogP contribution < -0.4 is 16.4 Å². The number of sulfonamides is 1. The molecule has 0 saturated carbocycles. The zero-order valence-corrected chi connectivity index (χ0v) is 15.9. The van der Waals surface area contributed by atoms with Gasteiger partial charge in [0.1, 0.15) is 6.04 Å². The second-order valence-electron chi connectivity index (χ2n) is 6.71. The molecule has 0 aromatic heterocycles. The molecule has 1 fully saturated rings. The molecule has 3 amide bonds. The molecule has 144 valence electrons. The zero-order chi connectivity index (χ0) is 19.3. The van der Waals surface area contributed by atoms with E-state index < -0.39 is 28.0 Å². The van der Waals surface area contributed by atoms with E-state index in [4.69, 9.17) is 5.73 Å². The van der Waals surface area contributed by atoms with Crippen LogP contribution in [0.5, 0.6) is 0 Å². The van der Waals surface area contributed by atoms with Crippen molar-refractivity contribution in [2.75, 3.05) is 18.4 Å². The molecule has 9 heteroatoms. The number of nitrogens with one attached hydrogen (secondary N) is 2. The molecule has 0 spiro atoms. The molecule has 1 aliphatic heterocycles. The quantitative estimate of drug-likeness (QED) is 0.690. The third-order valence-corrected chi connectivity index (χ3v) is 6.20. The van der Waals surface area contributed by atoms with E-state index >= 15 is 0 Å². The van der Waals surface area contributed by atoms with Gasteiger partial charge in [0.05, 0.1) is 4.90 Å². The van der Waals surface area contributed by atoms with Crippen LogP contribution in [0.4, 0.5) is 10.5 Å². The highest BCUT2D eigenvalue weighted by molar-refractivity contribution is 7.89. The fraction of sp³-hybridized carbons (Fsp3) is 0.529. The van der Waals surface area contributed by atoms with Crippen LogP contribution in [0.2, 0.25) is 0 Å². The highest BCUT2D eigenvalue weighted by Gasteiger charge is 2.27. The molecule has 0 aliphatic carbocycles. The molecule has 2 rings (SSSR count). The van der Waals surface area contributed by atoms with Crippen LogP contribution in [0.1, 0.15) is 33.1 Å². The lowest BCUT2D eigenvalue weighted by atomic mass is 10.0. The molecule has 1 saturated heterocycles. The number of carbonyl (C=O) groups excluding carboxylic acids is 2. The van der Waals surface area contributed by atoms with E-state index in [-0.39, 0.29) is 10.8 Å². The summed E-state index contributed by atoms with van der Waals surface area (Å²) in [4.78, 5) is 23.6. The monoisotopic (exact) mass is 382 g/mol. The van der Waals surface area contributed by atoms with E-state index in [1.54, 1.807) is 26.0 Å². The number of hydrogen-bond donors (Lipinski definition) is 3. The van der Waals surface area contributed by atoms with Crippen molar-refractivity contribution in [1.82, 2.24) is 9.62 Å². The number of hydrogen-bond acceptors (Lipinski definition) is 4. The summed E-state index contributed by atoms with van der Waals surface area (Å²) >= 11 is 0. The number of primary amides is 1. The Bertz CT molecular complexity index is 758. The number of nitrogens with two attached hydrogens (primary N) is 1. The first kappa shape index (κ1) is 20.2. The summed E-state index contributed by atoms with van der Waals surface area (Å²) in [5, 5.41) is 5.05. The molecule has 4 N–H and O–H groups in total. The predicted molar refractivity (Wildman–Crippen MR) is 99.0 cm³/mol. The van der Waals surface area contributed by atoms with E-state index in [9.17, 15) is 18.0 Å². The molecule has 1 aliphatic rings. The topological polar surface area (TPSA) is 122 Å². The van der Waals surface area contributed by atoms with Crippen molar-refractivity contribution in [2.45, 2.75) is 44.0 Å². The van der Waals surface area contributed by atoms with E-state index in [2.05, 4.69) is 10.6 Å². The third-order valence-electron chi connectivity index (χ3n) is 4.30. The molecule has 0 unspecified atom stereocenters. The number of urea groups is 1. The Hall–Kier alpha value is -2.13. The number of amides is 3. The minimum Gasteiger partial charge on any atom is -0.352 e. The second kappa shape index (κ2) is 8.50. The summed E-state index contributed by atoms with van der Waals surface area (Å²) < 4.78 is 27.0. The average Bonchev–Trinajstić information content (AvgIpc) is 2.60. The smallest absolute Gasteiger partial charge is 0.312 e. The van der Waals surface area contributed by atoms with Crippen molar-refractivity contribution >= 4 is 27.6 Å². The predicted octanol–water partition coefficient (Wildman–Crippen LogP) is 1.49. The molecular formula is C17H26N4O4S. The van der Waals surface area contributed by atoms with Crippen molar-refractivity contribution in [3.8, 4) is 0 Å². The Kier molecular flexibility index (Phi) is 6.60. The van der Waals surface area contributed by atoms with Gasteiger partial charge in [-0.05, 0) is 37.0 Å². The van der Waals surface area contributed by atoms with Crippen molar-refractivity contribution in [1.29, 1.82) is 0 Å². The van der Waals surface area contributed by atoms with Crippen LogP contribution in [-0.2, 0) is 14.8 Å². The highest BCUT2D eigenvalue weighted by atomic mass is 32.2. The maximum atomic E-state index is 12.8. The number of piperidine rings is 1. The summed E-state index contributed by atoms with van der Waals surface area (Å²) in [7, 11) is -3.58. The fourth-order valence-electron chi connectivity index (χ4n) is 2.90. The molecular weight excluding hydrogens is 356 g/mol. The van der Waals surface area contributed by atoms with Crippen molar-refractivity contribution < 1.29 is 18.0 Å². The van der Waals surface area contributed by atoms with Gasteiger partial charge in [-0.3, -0.25) is 4.79 Å². The number of benzene rings is 1.